The molecule has 6 nitrogen and oxygen atoms in total. The smallest absolute Gasteiger partial charge is 0.304 e. The third kappa shape index (κ3) is 3.65. The second kappa shape index (κ2) is 4.65. The minimum Gasteiger partial charge on any atom is -0.481 e. The van der Waals surface area contributed by atoms with Gasteiger partial charge < -0.3 is 5.11 Å². The predicted molar refractivity (Wildman–Crippen MR) is 57.7 cm³/mol. The molecule has 0 aliphatic heterocycles. The van der Waals surface area contributed by atoms with Crippen LogP contribution in [0.1, 0.15) is 17.8 Å². The summed E-state index contributed by atoms with van der Waals surface area (Å²) < 4.78 is 24.6. The molecule has 1 rings (SSSR count). The molecule has 0 spiro atoms. The summed E-state index contributed by atoms with van der Waals surface area (Å²) in [4.78, 5) is 10.3. The van der Waals surface area contributed by atoms with Crippen LogP contribution in [0.2, 0.25) is 0 Å². The number of nitrogens with zero attached hydrogens (tertiary/aromatic N) is 2. The van der Waals surface area contributed by atoms with Crippen LogP contribution in [0.15, 0.2) is 6.07 Å². The van der Waals surface area contributed by atoms with E-state index in [1.54, 1.807) is 20.0 Å². The number of carboxylic acid groups (broad SMARTS) is 1. The van der Waals surface area contributed by atoms with Gasteiger partial charge in [0.15, 0.2) is 9.84 Å². The van der Waals surface area contributed by atoms with Crippen LogP contribution in [0.4, 0.5) is 0 Å². The van der Waals surface area contributed by atoms with Crippen molar-refractivity contribution in [2.45, 2.75) is 19.1 Å². The molecule has 0 aromatic carbocycles. The molecular formula is C9H14N2O4S. The quantitative estimate of drug-likeness (QED) is 0.797. The fraction of sp³-hybridized carbons (Fsp3) is 0.556. The molecule has 0 aliphatic rings. The summed E-state index contributed by atoms with van der Waals surface area (Å²) in [6.07, 6.45) is -0.362. The first-order valence-corrected chi connectivity index (χ1v) is 6.54. The molecule has 1 aromatic heterocycles. The van der Waals surface area contributed by atoms with E-state index in [4.69, 9.17) is 5.11 Å². The van der Waals surface area contributed by atoms with Gasteiger partial charge >= 0.3 is 5.97 Å². The Hall–Kier alpha value is -1.37. The molecule has 16 heavy (non-hydrogen) atoms. The maximum atomic E-state index is 11.6. The first kappa shape index (κ1) is 12.7. The van der Waals surface area contributed by atoms with Gasteiger partial charge in [0.1, 0.15) is 0 Å². The van der Waals surface area contributed by atoms with Gasteiger partial charge in [-0.1, -0.05) is 0 Å². The SMILES string of the molecule is Cc1cc(CS(=O)(=O)CCC(=O)O)n(C)n1. The Morgan fingerprint density at radius 2 is 2.19 bits per heavy atom. The van der Waals surface area contributed by atoms with Crippen molar-refractivity contribution in [3.63, 3.8) is 0 Å². The van der Waals surface area contributed by atoms with Crippen molar-refractivity contribution in [1.29, 1.82) is 0 Å². The molecule has 7 heteroatoms. The van der Waals surface area contributed by atoms with Gasteiger partial charge in [-0.15, -0.1) is 0 Å². The first-order valence-electron chi connectivity index (χ1n) is 4.72. The summed E-state index contributed by atoms with van der Waals surface area (Å²) in [7, 11) is -1.72. The zero-order valence-electron chi connectivity index (χ0n) is 9.17. The molecule has 0 amide bonds. The van der Waals surface area contributed by atoms with Crippen LogP contribution in [-0.4, -0.2) is 35.0 Å². The lowest BCUT2D eigenvalue weighted by Gasteiger charge is -2.02. The third-order valence-corrected chi connectivity index (χ3v) is 3.66. The summed E-state index contributed by atoms with van der Waals surface area (Å²) in [5, 5.41) is 12.4. The van der Waals surface area contributed by atoms with E-state index in [1.165, 1.54) is 4.68 Å². The van der Waals surface area contributed by atoms with Crippen molar-refractivity contribution < 1.29 is 18.3 Å². The largest absolute Gasteiger partial charge is 0.481 e. The third-order valence-electron chi connectivity index (χ3n) is 2.09. The highest BCUT2D eigenvalue weighted by Gasteiger charge is 2.16. The van der Waals surface area contributed by atoms with Crippen molar-refractivity contribution >= 4 is 15.8 Å². The standard InChI is InChI=1S/C9H14N2O4S/c1-7-5-8(11(2)10-7)6-16(14,15)4-3-9(12)13/h5H,3-4,6H2,1-2H3,(H,12,13). The minimum atomic E-state index is -3.38. The summed E-state index contributed by atoms with van der Waals surface area (Å²) in [5.74, 6) is -1.62. The highest BCUT2D eigenvalue weighted by molar-refractivity contribution is 7.90. The Kier molecular flexibility index (Phi) is 3.69. The number of carboxylic acids is 1. The Morgan fingerprint density at radius 3 is 2.62 bits per heavy atom. The van der Waals surface area contributed by atoms with E-state index < -0.39 is 15.8 Å². The Bertz CT molecular complexity index is 490. The molecule has 0 bridgehead atoms. The monoisotopic (exact) mass is 246 g/mol. The zero-order chi connectivity index (χ0) is 12.3. The van der Waals surface area contributed by atoms with Crippen molar-refractivity contribution in [3.05, 3.63) is 17.5 Å². The van der Waals surface area contributed by atoms with Gasteiger partial charge in [0.05, 0.1) is 29.3 Å². The predicted octanol–water partition coefficient (Wildman–Crippen LogP) is 0.118. The Labute approximate surface area is 93.8 Å². The molecule has 0 aliphatic carbocycles. The number of aromatic nitrogens is 2. The van der Waals surface area contributed by atoms with Gasteiger partial charge in [0.25, 0.3) is 0 Å². The molecule has 0 fully saturated rings. The molecule has 1 aromatic rings. The molecule has 0 atom stereocenters. The fourth-order valence-electron chi connectivity index (χ4n) is 1.34. The minimum absolute atomic E-state index is 0.169. The summed E-state index contributed by atoms with van der Waals surface area (Å²) in [6, 6.07) is 1.68. The second-order valence-corrected chi connectivity index (χ2v) is 5.82. The normalized spacial score (nSPS) is 11.6. The van der Waals surface area contributed by atoms with Crippen LogP contribution >= 0.6 is 0 Å². The topological polar surface area (TPSA) is 89.3 Å². The molecule has 1 N–H and O–H groups in total. The van der Waals surface area contributed by atoms with Gasteiger partial charge in [-0.25, -0.2) is 8.42 Å². The number of aryl methyl sites for hydroxylation is 2. The van der Waals surface area contributed by atoms with Gasteiger partial charge in [-0.05, 0) is 13.0 Å². The maximum Gasteiger partial charge on any atom is 0.304 e. The molecule has 0 unspecified atom stereocenters. The number of rotatable bonds is 5. The van der Waals surface area contributed by atoms with Crippen molar-refractivity contribution in [2.24, 2.45) is 7.05 Å². The van der Waals surface area contributed by atoms with Crippen LogP contribution in [0.5, 0.6) is 0 Å². The average molecular weight is 246 g/mol. The van der Waals surface area contributed by atoms with Crippen molar-refractivity contribution in [2.75, 3.05) is 5.75 Å². The first-order chi connectivity index (χ1) is 7.30. The molecule has 0 saturated heterocycles. The van der Waals surface area contributed by atoms with Gasteiger partial charge in [0, 0.05) is 7.05 Å². The van der Waals surface area contributed by atoms with Crippen LogP contribution in [-0.2, 0) is 27.4 Å². The van der Waals surface area contributed by atoms with Gasteiger partial charge in [0.2, 0.25) is 0 Å². The highest BCUT2D eigenvalue weighted by atomic mass is 32.2. The van der Waals surface area contributed by atoms with Crippen LogP contribution < -0.4 is 0 Å². The van der Waals surface area contributed by atoms with Gasteiger partial charge in [-0.3, -0.25) is 9.48 Å². The average Bonchev–Trinajstić information content (AvgIpc) is 2.41. The summed E-state index contributed by atoms with van der Waals surface area (Å²) in [5.41, 5.74) is 1.31. The second-order valence-electron chi connectivity index (χ2n) is 3.64. The van der Waals surface area contributed by atoms with E-state index in [9.17, 15) is 13.2 Å². The van der Waals surface area contributed by atoms with E-state index in [-0.39, 0.29) is 17.9 Å². The lowest BCUT2D eigenvalue weighted by atomic mass is 10.4. The molecule has 1 heterocycles. The van der Waals surface area contributed by atoms with E-state index in [2.05, 4.69) is 5.10 Å². The maximum absolute atomic E-state index is 11.6. The molecular weight excluding hydrogens is 232 g/mol. The fourth-order valence-corrected chi connectivity index (χ4v) is 2.69. The Morgan fingerprint density at radius 1 is 1.56 bits per heavy atom. The van der Waals surface area contributed by atoms with Crippen LogP contribution in [0.25, 0.3) is 0 Å². The van der Waals surface area contributed by atoms with Crippen LogP contribution in [0, 0.1) is 6.92 Å². The van der Waals surface area contributed by atoms with Crippen LogP contribution in [0.3, 0.4) is 0 Å². The van der Waals surface area contributed by atoms with Crippen molar-refractivity contribution in [1.82, 2.24) is 9.78 Å². The Balaban J connectivity index is 2.73. The molecule has 90 valence electrons. The summed E-state index contributed by atoms with van der Waals surface area (Å²) in [6.45, 7) is 1.77. The number of hydrogen-bond acceptors (Lipinski definition) is 4. The lowest BCUT2D eigenvalue weighted by Crippen LogP contribution is -2.14. The van der Waals surface area contributed by atoms with E-state index in [0.29, 0.717) is 5.69 Å². The zero-order valence-corrected chi connectivity index (χ0v) is 9.99. The van der Waals surface area contributed by atoms with E-state index in [1.807, 2.05) is 0 Å². The number of hydrogen-bond donors (Lipinski definition) is 1. The molecule has 0 radical (unpaired) electrons. The van der Waals surface area contributed by atoms with Crippen molar-refractivity contribution in [3.8, 4) is 0 Å². The van der Waals surface area contributed by atoms with Gasteiger partial charge in [-0.2, -0.15) is 5.10 Å². The highest BCUT2D eigenvalue weighted by Crippen LogP contribution is 2.08. The number of sulfone groups is 1. The summed E-state index contributed by atoms with van der Waals surface area (Å²) >= 11 is 0. The van der Waals surface area contributed by atoms with E-state index in [0.717, 1.165) is 5.69 Å². The number of aliphatic carboxylic acids is 1. The molecule has 0 saturated carbocycles. The lowest BCUT2D eigenvalue weighted by molar-refractivity contribution is -0.136. The van der Waals surface area contributed by atoms with E-state index >= 15 is 0 Å². The number of carbonyl (C=O) groups is 1.